The summed E-state index contributed by atoms with van der Waals surface area (Å²) in [4.78, 5) is 0. The van der Waals surface area contributed by atoms with E-state index in [1.54, 1.807) is 0 Å². The fourth-order valence-corrected chi connectivity index (χ4v) is 1.77. The van der Waals surface area contributed by atoms with Crippen LogP contribution in [-0.4, -0.2) is 13.2 Å². The lowest BCUT2D eigenvalue weighted by atomic mass is 9.77. The average Bonchev–Trinajstić information content (AvgIpc) is 2.10. The molecular formula is C10H20O. The van der Waals surface area contributed by atoms with Crippen LogP contribution in [0.2, 0.25) is 0 Å². The van der Waals surface area contributed by atoms with Crippen molar-refractivity contribution in [2.75, 3.05) is 13.2 Å². The molecule has 0 N–H and O–H groups in total. The second kappa shape index (κ2) is 3.57. The summed E-state index contributed by atoms with van der Waals surface area (Å²) in [5, 5.41) is 0. The van der Waals surface area contributed by atoms with E-state index in [9.17, 15) is 0 Å². The fraction of sp³-hybridized carbons (Fsp3) is 1.00. The van der Waals surface area contributed by atoms with Crippen molar-refractivity contribution in [2.45, 2.75) is 40.0 Å². The van der Waals surface area contributed by atoms with Crippen LogP contribution < -0.4 is 0 Å². The Morgan fingerprint density at radius 1 is 1.09 bits per heavy atom. The summed E-state index contributed by atoms with van der Waals surface area (Å²) in [6.45, 7) is 8.96. The Hall–Kier alpha value is -0.0400. The molecule has 1 heterocycles. The molecule has 0 spiro atoms. The Morgan fingerprint density at radius 2 is 1.82 bits per heavy atom. The third kappa shape index (κ3) is 2.82. The van der Waals surface area contributed by atoms with E-state index in [2.05, 4.69) is 20.8 Å². The largest absolute Gasteiger partial charge is 0.381 e. The molecule has 0 unspecified atom stereocenters. The van der Waals surface area contributed by atoms with Crippen molar-refractivity contribution in [1.29, 1.82) is 0 Å². The van der Waals surface area contributed by atoms with E-state index in [0.717, 1.165) is 19.1 Å². The Morgan fingerprint density at radius 3 is 2.45 bits per heavy atom. The molecule has 1 rings (SSSR count). The molecule has 11 heavy (non-hydrogen) atoms. The molecule has 0 aromatic carbocycles. The smallest absolute Gasteiger partial charge is 0.0468 e. The van der Waals surface area contributed by atoms with Crippen LogP contribution in [0, 0.1) is 11.3 Å². The van der Waals surface area contributed by atoms with Crippen LogP contribution in [-0.2, 0) is 4.74 Å². The van der Waals surface area contributed by atoms with Gasteiger partial charge in [-0.1, -0.05) is 20.8 Å². The zero-order valence-corrected chi connectivity index (χ0v) is 8.02. The lowest BCUT2D eigenvalue weighted by Gasteiger charge is -2.29. The van der Waals surface area contributed by atoms with Crippen molar-refractivity contribution >= 4 is 0 Å². The predicted molar refractivity (Wildman–Crippen MR) is 47.6 cm³/mol. The predicted octanol–water partition coefficient (Wildman–Crippen LogP) is 2.85. The molecule has 0 saturated carbocycles. The molecule has 1 aliphatic rings. The van der Waals surface area contributed by atoms with Crippen LogP contribution in [0.4, 0.5) is 0 Å². The Balaban J connectivity index is 2.43. The quantitative estimate of drug-likeness (QED) is 0.524. The second-order valence-electron chi connectivity index (χ2n) is 4.61. The minimum absolute atomic E-state index is 0.480. The van der Waals surface area contributed by atoms with E-state index in [-0.39, 0.29) is 0 Å². The van der Waals surface area contributed by atoms with Gasteiger partial charge in [-0.2, -0.15) is 0 Å². The first-order valence-electron chi connectivity index (χ1n) is 4.68. The van der Waals surface area contributed by atoms with E-state index < -0.39 is 0 Å². The van der Waals surface area contributed by atoms with Gasteiger partial charge in [0, 0.05) is 13.2 Å². The van der Waals surface area contributed by atoms with Crippen molar-refractivity contribution in [3.63, 3.8) is 0 Å². The van der Waals surface area contributed by atoms with Crippen molar-refractivity contribution in [3.8, 4) is 0 Å². The van der Waals surface area contributed by atoms with Gasteiger partial charge in [-0.25, -0.2) is 0 Å². The highest BCUT2D eigenvalue weighted by atomic mass is 16.5. The van der Waals surface area contributed by atoms with Gasteiger partial charge in [0.25, 0.3) is 0 Å². The van der Waals surface area contributed by atoms with Crippen molar-refractivity contribution in [1.82, 2.24) is 0 Å². The third-order valence-corrected chi connectivity index (χ3v) is 2.68. The Kier molecular flexibility index (Phi) is 2.94. The number of hydrogen-bond acceptors (Lipinski definition) is 1. The Bertz CT molecular complexity index is 105. The highest BCUT2D eigenvalue weighted by Crippen LogP contribution is 2.33. The molecule has 1 nitrogen and oxygen atoms in total. The van der Waals surface area contributed by atoms with Gasteiger partial charge in [-0.3, -0.25) is 0 Å². The first-order valence-corrected chi connectivity index (χ1v) is 4.68. The molecule has 1 heteroatoms. The lowest BCUT2D eigenvalue weighted by Crippen LogP contribution is -2.20. The summed E-state index contributed by atoms with van der Waals surface area (Å²) in [6.07, 6.45) is 3.86. The number of rotatable bonds is 0. The summed E-state index contributed by atoms with van der Waals surface area (Å²) in [7, 11) is 0. The zero-order chi connectivity index (χ0) is 8.32. The third-order valence-electron chi connectivity index (χ3n) is 2.68. The van der Waals surface area contributed by atoms with E-state index in [1.807, 2.05) is 0 Å². The standard InChI is InChI=1S/C10H20O/c1-10(2,3)9-5-4-7-11-8-6-9/h9H,4-8H2,1-3H3/t9-/m0/s1. The Labute approximate surface area is 70.1 Å². The van der Waals surface area contributed by atoms with Crippen LogP contribution in [0.1, 0.15) is 40.0 Å². The minimum Gasteiger partial charge on any atom is -0.381 e. The van der Waals surface area contributed by atoms with Gasteiger partial charge < -0.3 is 4.74 Å². The van der Waals surface area contributed by atoms with Crippen LogP contribution >= 0.6 is 0 Å². The van der Waals surface area contributed by atoms with E-state index in [0.29, 0.717) is 5.41 Å². The van der Waals surface area contributed by atoms with Gasteiger partial charge in [0.1, 0.15) is 0 Å². The summed E-state index contributed by atoms with van der Waals surface area (Å²) < 4.78 is 5.42. The van der Waals surface area contributed by atoms with Gasteiger partial charge in [0.2, 0.25) is 0 Å². The number of ether oxygens (including phenoxy) is 1. The summed E-state index contributed by atoms with van der Waals surface area (Å²) in [5.74, 6) is 0.866. The van der Waals surface area contributed by atoms with E-state index >= 15 is 0 Å². The summed E-state index contributed by atoms with van der Waals surface area (Å²) in [5.41, 5.74) is 0.480. The monoisotopic (exact) mass is 156 g/mol. The molecule has 1 atom stereocenters. The topological polar surface area (TPSA) is 9.23 Å². The van der Waals surface area contributed by atoms with Crippen molar-refractivity contribution in [3.05, 3.63) is 0 Å². The zero-order valence-electron chi connectivity index (χ0n) is 8.02. The molecule has 1 fully saturated rings. The molecule has 0 aromatic heterocycles. The maximum atomic E-state index is 5.42. The normalized spacial score (nSPS) is 28.1. The maximum Gasteiger partial charge on any atom is 0.0468 e. The summed E-state index contributed by atoms with van der Waals surface area (Å²) in [6, 6.07) is 0. The van der Waals surface area contributed by atoms with Crippen LogP contribution in [0.15, 0.2) is 0 Å². The van der Waals surface area contributed by atoms with Crippen LogP contribution in [0.25, 0.3) is 0 Å². The molecule has 0 aromatic rings. The van der Waals surface area contributed by atoms with Gasteiger partial charge in [-0.05, 0) is 30.6 Å². The van der Waals surface area contributed by atoms with E-state index in [4.69, 9.17) is 4.74 Å². The number of hydrogen-bond donors (Lipinski definition) is 0. The molecule has 1 saturated heterocycles. The van der Waals surface area contributed by atoms with Crippen LogP contribution in [0.5, 0.6) is 0 Å². The molecule has 0 aliphatic carbocycles. The average molecular weight is 156 g/mol. The first kappa shape index (κ1) is 9.05. The first-order chi connectivity index (χ1) is 5.11. The molecule has 66 valence electrons. The highest BCUT2D eigenvalue weighted by molar-refractivity contribution is 4.75. The molecule has 1 aliphatic heterocycles. The van der Waals surface area contributed by atoms with Gasteiger partial charge in [-0.15, -0.1) is 0 Å². The van der Waals surface area contributed by atoms with Gasteiger partial charge in [0.05, 0.1) is 0 Å². The van der Waals surface area contributed by atoms with Crippen molar-refractivity contribution in [2.24, 2.45) is 11.3 Å². The highest BCUT2D eigenvalue weighted by Gasteiger charge is 2.24. The molecule has 0 bridgehead atoms. The van der Waals surface area contributed by atoms with E-state index in [1.165, 1.54) is 19.3 Å². The summed E-state index contributed by atoms with van der Waals surface area (Å²) >= 11 is 0. The maximum absolute atomic E-state index is 5.42. The molecule has 0 radical (unpaired) electrons. The fourth-order valence-electron chi connectivity index (χ4n) is 1.77. The van der Waals surface area contributed by atoms with Crippen LogP contribution in [0.3, 0.4) is 0 Å². The van der Waals surface area contributed by atoms with Gasteiger partial charge in [0.15, 0.2) is 0 Å². The molecular weight excluding hydrogens is 136 g/mol. The minimum atomic E-state index is 0.480. The van der Waals surface area contributed by atoms with Crippen molar-refractivity contribution < 1.29 is 4.74 Å². The lowest BCUT2D eigenvalue weighted by molar-refractivity contribution is 0.131. The second-order valence-corrected chi connectivity index (χ2v) is 4.61. The molecule has 0 amide bonds. The van der Waals surface area contributed by atoms with Gasteiger partial charge >= 0.3 is 0 Å². The SMILES string of the molecule is CC(C)(C)[C@H]1CCCOCC1.